The van der Waals surface area contributed by atoms with Gasteiger partial charge in [-0.25, -0.2) is 0 Å². The molecule has 0 spiro atoms. The Balaban J connectivity index is 2.13. The molecule has 1 N–H and O–H groups in total. The first-order valence-corrected chi connectivity index (χ1v) is 11.0. The number of anilines is 1. The minimum atomic E-state index is -2.13. The highest BCUT2D eigenvalue weighted by atomic mass is 32.4. The molecule has 0 bridgehead atoms. The van der Waals surface area contributed by atoms with Gasteiger partial charge in [-0.1, -0.05) is 105 Å². The maximum Gasteiger partial charge on any atom is 0.0903 e. The molecule has 3 heteroatoms. The van der Waals surface area contributed by atoms with Crippen molar-refractivity contribution in [3.8, 4) is 0 Å². The summed E-state index contributed by atoms with van der Waals surface area (Å²) in [5.41, 5.74) is 2.45. The van der Waals surface area contributed by atoms with Crippen LogP contribution in [0.2, 0.25) is 0 Å². The van der Waals surface area contributed by atoms with E-state index >= 15 is 0 Å². The molecule has 0 saturated carbocycles. The summed E-state index contributed by atoms with van der Waals surface area (Å²) in [6, 6.07) is 29.4. The standard InChI is InChI=1S/C21H22NPS/c1-17(2)20-15-9-10-16-21(20)22-23(24,18-11-5-3-6-12-18)19-13-7-4-8-14-19/h3-17H,1-2H3,(H,22,24). The third-order valence-electron chi connectivity index (χ3n) is 4.10. The maximum atomic E-state index is 6.26. The van der Waals surface area contributed by atoms with E-state index in [0.29, 0.717) is 5.92 Å². The van der Waals surface area contributed by atoms with E-state index in [9.17, 15) is 0 Å². The van der Waals surface area contributed by atoms with Crippen LogP contribution >= 0.6 is 6.19 Å². The highest BCUT2D eigenvalue weighted by Crippen LogP contribution is 2.45. The maximum absolute atomic E-state index is 6.26. The van der Waals surface area contributed by atoms with E-state index < -0.39 is 6.19 Å². The summed E-state index contributed by atoms with van der Waals surface area (Å²) >= 11 is 6.26. The van der Waals surface area contributed by atoms with Crippen molar-refractivity contribution in [3.63, 3.8) is 0 Å². The van der Waals surface area contributed by atoms with E-state index in [1.807, 2.05) is 12.1 Å². The van der Waals surface area contributed by atoms with Crippen LogP contribution < -0.4 is 15.7 Å². The summed E-state index contributed by atoms with van der Waals surface area (Å²) in [5.74, 6) is 0.448. The number of hydrogen-bond donors (Lipinski definition) is 1. The Bertz CT molecular complexity index is 800. The summed E-state index contributed by atoms with van der Waals surface area (Å²) in [6.45, 7) is 4.43. The van der Waals surface area contributed by atoms with Gasteiger partial charge in [0.05, 0.1) is 6.19 Å². The zero-order valence-electron chi connectivity index (χ0n) is 14.0. The van der Waals surface area contributed by atoms with Gasteiger partial charge in [-0.3, -0.25) is 0 Å². The van der Waals surface area contributed by atoms with Crippen LogP contribution in [-0.4, -0.2) is 0 Å². The second kappa shape index (κ2) is 7.34. The number of rotatable bonds is 5. The average molecular weight is 351 g/mol. The molecule has 0 heterocycles. The lowest BCUT2D eigenvalue weighted by Crippen LogP contribution is -2.21. The van der Waals surface area contributed by atoms with Gasteiger partial charge in [0.2, 0.25) is 0 Å². The molecule has 0 aliphatic rings. The molecular formula is C21H22NPS. The van der Waals surface area contributed by atoms with Crippen LogP contribution in [0.1, 0.15) is 25.3 Å². The fraction of sp³-hybridized carbons (Fsp3) is 0.143. The minimum Gasteiger partial charge on any atom is -0.351 e. The summed E-state index contributed by atoms with van der Waals surface area (Å²) in [5, 5.41) is 6.13. The molecule has 24 heavy (non-hydrogen) atoms. The van der Waals surface area contributed by atoms with E-state index in [1.54, 1.807) is 0 Å². The molecule has 0 atom stereocenters. The summed E-state index contributed by atoms with van der Waals surface area (Å²) < 4.78 is 0. The minimum absolute atomic E-state index is 0.448. The Morgan fingerprint density at radius 1 is 0.708 bits per heavy atom. The van der Waals surface area contributed by atoms with Gasteiger partial charge in [-0.15, -0.1) is 0 Å². The first-order valence-electron chi connectivity index (χ1n) is 8.20. The van der Waals surface area contributed by atoms with Crippen LogP contribution in [0.4, 0.5) is 5.69 Å². The first kappa shape index (κ1) is 17.0. The first-order chi connectivity index (χ1) is 11.6. The Hall–Kier alpha value is -1.89. The zero-order chi connectivity index (χ0) is 17.0. The highest BCUT2D eigenvalue weighted by molar-refractivity contribution is 8.22. The molecule has 0 saturated heterocycles. The van der Waals surface area contributed by atoms with Gasteiger partial charge < -0.3 is 5.09 Å². The van der Waals surface area contributed by atoms with Crippen molar-refractivity contribution < 1.29 is 0 Å². The van der Waals surface area contributed by atoms with Crippen LogP contribution in [0.25, 0.3) is 0 Å². The Morgan fingerprint density at radius 2 is 1.17 bits per heavy atom. The zero-order valence-corrected chi connectivity index (χ0v) is 15.7. The predicted molar refractivity (Wildman–Crippen MR) is 111 cm³/mol. The average Bonchev–Trinajstić information content (AvgIpc) is 2.63. The molecule has 0 aromatic heterocycles. The highest BCUT2D eigenvalue weighted by Gasteiger charge is 2.23. The summed E-state index contributed by atoms with van der Waals surface area (Å²) in [4.78, 5) is 0. The van der Waals surface area contributed by atoms with E-state index in [1.165, 1.54) is 16.2 Å². The van der Waals surface area contributed by atoms with Crippen molar-refractivity contribution in [3.05, 3.63) is 90.5 Å². The molecule has 1 nitrogen and oxygen atoms in total. The molecule has 0 fully saturated rings. The third kappa shape index (κ3) is 3.45. The topological polar surface area (TPSA) is 12.0 Å². The molecule has 3 aromatic carbocycles. The Labute approximate surface area is 149 Å². The van der Waals surface area contributed by atoms with Gasteiger partial charge in [0.15, 0.2) is 0 Å². The Morgan fingerprint density at radius 3 is 1.67 bits per heavy atom. The number of hydrogen-bond acceptors (Lipinski definition) is 1. The van der Waals surface area contributed by atoms with Crippen molar-refractivity contribution in [2.45, 2.75) is 19.8 Å². The molecule has 122 valence electrons. The predicted octanol–water partition coefficient (Wildman–Crippen LogP) is 5.27. The molecule has 0 aliphatic carbocycles. The van der Waals surface area contributed by atoms with Crippen LogP contribution in [0.3, 0.4) is 0 Å². The quantitative estimate of drug-likeness (QED) is 0.629. The van der Waals surface area contributed by atoms with Gasteiger partial charge in [0.1, 0.15) is 0 Å². The molecule has 3 rings (SSSR count). The van der Waals surface area contributed by atoms with Gasteiger partial charge in [-0.05, 0) is 17.5 Å². The van der Waals surface area contributed by atoms with Crippen LogP contribution in [0.15, 0.2) is 84.9 Å². The molecular weight excluding hydrogens is 329 g/mol. The lowest BCUT2D eigenvalue weighted by molar-refractivity contribution is 0.870. The smallest absolute Gasteiger partial charge is 0.0903 e. The second-order valence-corrected chi connectivity index (χ2v) is 10.3. The molecule has 3 aromatic rings. The largest absolute Gasteiger partial charge is 0.351 e. The van der Waals surface area contributed by atoms with E-state index in [2.05, 4.69) is 91.7 Å². The van der Waals surface area contributed by atoms with Crippen molar-refractivity contribution >= 4 is 34.3 Å². The fourth-order valence-corrected chi connectivity index (χ4v) is 6.13. The normalized spacial score (nSPS) is 11.5. The molecule has 0 unspecified atom stereocenters. The van der Waals surface area contributed by atoms with Crippen LogP contribution in [0, 0.1) is 0 Å². The number of nitrogens with one attached hydrogen (secondary N) is 1. The lowest BCUT2D eigenvalue weighted by atomic mass is 10.0. The summed E-state index contributed by atoms with van der Waals surface area (Å²) in [6.07, 6.45) is -2.13. The monoisotopic (exact) mass is 351 g/mol. The van der Waals surface area contributed by atoms with Crippen molar-refractivity contribution in [1.29, 1.82) is 0 Å². The summed E-state index contributed by atoms with van der Waals surface area (Å²) in [7, 11) is 0. The van der Waals surface area contributed by atoms with E-state index in [4.69, 9.17) is 11.8 Å². The van der Waals surface area contributed by atoms with E-state index in [-0.39, 0.29) is 0 Å². The number of para-hydroxylation sites is 1. The van der Waals surface area contributed by atoms with Crippen molar-refractivity contribution in [1.82, 2.24) is 0 Å². The molecule has 0 amide bonds. The molecule has 0 aliphatic heterocycles. The van der Waals surface area contributed by atoms with Crippen LogP contribution in [0.5, 0.6) is 0 Å². The van der Waals surface area contributed by atoms with Crippen molar-refractivity contribution in [2.24, 2.45) is 0 Å². The second-order valence-electron chi connectivity index (χ2n) is 6.13. The van der Waals surface area contributed by atoms with Crippen LogP contribution in [-0.2, 0) is 11.8 Å². The third-order valence-corrected chi connectivity index (χ3v) is 8.25. The lowest BCUT2D eigenvalue weighted by Gasteiger charge is -2.27. The van der Waals surface area contributed by atoms with Gasteiger partial charge in [0, 0.05) is 16.3 Å². The number of benzene rings is 3. The van der Waals surface area contributed by atoms with Gasteiger partial charge >= 0.3 is 0 Å². The van der Waals surface area contributed by atoms with Crippen molar-refractivity contribution in [2.75, 3.05) is 5.09 Å². The Kier molecular flexibility index (Phi) is 5.18. The van der Waals surface area contributed by atoms with E-state index in [0.717, 1.165) is 5.69 Å². The van der Waals surface area contributed by atoms with Gasteiger partial charge in [-0.2, -0.15) is 0 Å². The molecule has 0 radical (unpaired) electrons. The fourth-order valence-electron chi connectivity index (χ4n) is 2.83. The SMILES string of the molecule is CC(C)c1ccccc1NP(=S)(c1ccccc1)c1ccccc1. The van der Waals surface area contributed by atoms with Gasteiger partial charge in [0.25, 0.3) is 0 Å².